The van der Waals surface area contributed by atoms with Crippen LogP contribution in [0.1, 0.15) is 52.1 Å². The van der Waals surface area contributed by atoms with Gasteiger partial charge in [-0.2, -0.15) is 0 Å². The van der Waals surface area contributed by atoms with Gasteiger partial charge < -0.3 is 10.1 Å². The number of carbonyl (C=O) groups excluding carboxylic acids is 1. The molecule has 2 rings (SSSR count). The first-order valence-corrected chi connectivity index (χ1v) is 8.53. The number of benzene rings is 1. The third-order valence-electron chi connectivity index (χ3n) is 4.10. The predicted octanol–water partition coefficient (Wildman–Crippen LogP) is 2.54. The summed E-state index contributed by atoms with van der Waals surface area (Å²) in [6, 6.07) is 8.06. The number of rotatable bonds is 7. The van der Waals surface area contributed by atoms with E-state index < -0.39 is 0 Å². The molecule has 0 radical (unpaired) electrons. The molecule has 1 aliphatic heterocycles. The molecule has 1 heterocycles. The molecule has 5 nitrogen and oxygen atoms in total. The minimum atomic E-state index is -0.163. The zero-order valence-electron chi connectivity index (χ0n) is 14.6. The first kappa shape index (κ1) is 17.8. The maximum absolute atomic E-state index is 12.4. The Morgan fingerprint density at radius 2 is 1.96 bits per heavy atom. The van der Waals surface area contributed by atoms with Crippen LogP contribution in [0, 0.1) is 5.92 Å². The number of hydrogen-bond donors (Lipinski definition) is 3. The van der Waals surface area contributed by atoms with E-state index in [9.17, 15) is 4.79 Å². The summed E-state index contributed by atoms with van der Waals surface area (Å²) in [5.41, 5.74) is 7.41. The lowest BCUT2D eigenvalue weighted by molar-refractivity contribution is -0.123. The highest BCUT2D eigenvalue weighted by Gasteiger charge is 2.30. The van der Waals surface area contributed by atoms with Gasteiger partial charge in [0, 0.05) is 6.04 Å². The molecule has 128 valence electrons. The monoisotopic (exact) mass is 319 g/mol. The predicted molar refractivity (Wildman–Crippen MR) is 92.1 cm³/mol. The summed E-state index contributed by atoms with van der Waals surface area (Å²) < 4.78 is 5.44. The van der Waals surface area contributed by atoms with Gasteiger partial charge in [0.05, 0.1) is 12.6 Å². The van der Waals surface area contributed by atoms with E-state index in [4.69, 9.17) is 4.74 Å². The van der Waals surface area contributed by atoms with E-state index in [0.717, 1.165) is 24.2 Å². The van der Waals surface area contributed by atoms with Gasteiger partial charge in [-0.1, -0.05) is 26.0 Å². The van der Waals surface area contributed by atoms with E-state index in [1.54, 1.807) is 0 Å². The second-order valence-corrected chi connectivity index (χ2v) is 6.64. The van der Waals surface area contributed by atoms with Crippen LogP contribution in [0.15, 0.2) is 24.3 Å². The average molecular weight is 319 g/mol. The Morgan fingerprint density at radius 1 is 1.26 bits per heavy atom. The molecule has 0 bridgehead atoms. The number of hydrogen-bond acceptors (Lipinski definition) is 4. The van der Waals surface area contributed by atoms with Gasteiger partial charge in [0.15, 0.2) is 0 Å². The second kappa shape index (κ2) is 8.31. The van der Waals surface area contributed by atoms with Crippen molar-refractivity contribution in [1.29, 1.82) is 0 Å². The minimum Gasteiger partial charge on any atom is -0.494 e. The molecular weight excluding hydrogens is 290 g/mol. The first-order chi connectivity index (χ1) is 11.0. The molecule has 1 aromatic carbocycles. The fraction of sp³-hybridized carbons (Fsp3) is 0.611. The molecule has 0 aliphatic carbocycles. The zero-order chi connectivity index (χ0) is 16.8. The summed E-state index contributed by atoms with van der Waals surface area (Å²) in [7, 11) is 0. The quantitative estimate of drug-likeness (QED) is 0.723. The Labute approximate surface area is 139 Å². The van der Waals surface area contributed by atoms with Crippen molar-refractivity contribution in [2.75, 3.05) is 6.61 Å². The van der Waals surface area contributed by atoms with Gasteiger partial charge in [0.2, 0.25) is 5.91 Å². The summed E-state index contributed by atoms with van der Waals surface area (Å²) in [5.74, 6) is 1.52. The minimum absolute atomic E-state index is 0.0240. The number of hydrazine groups is 1. The van der Waals surface area contributed by atoms with Crippen LogP contribution in [0.5, 0.6) is 5.75 Å². The maximum atomic E-state index is 12.4. The zero-order valence-corrected chi connectivity index (χ0v) is 14.6. The summed E-state index contributed by atoms with van der Waals surface area (Å²) in [5, 5.41) is 3.08. The SMILES string of the molecule is CCOc1ccc(C(C)NC(=O)C2CC(CC(C)C)NN2)cc1. The van der Waals surface area contributed by atoms with Gasteiger partial charge in [0.1, 0.15) is 11.8 Å². The normalized spacial score (nSPS) is 22.1. The topological polar surface area (TPSA) is 62.4 Å². The summed E-state index contributed by atoms with van der Waals surface area (Å²) in [6.45, 7) is 9.02. The Hall–Kier alpha value is -1.59. The van der Waals surface area contributed by atoms with Crippen molar-refractivity contribution < 1.29 is 9.53 Å². The molecule has 1 amide bonds. The third kappa shape index (κ3) is 5.22. The maximum Gasteiger partial charge on any atom is 0.239 e. The largest absolute Gasteiger partial charge is 0.494 e. The lowest BCUT2D eigenvalue weighted by Gasteiger charge is -2.18. The Morgan fingerprint density at radius 3 is 2.57 bits per heavy atom. The van der Waals surface area contributed by atoms with E-state index in [1.807, 2.05) is 38.1 Å². The summed E-state index contributed by atoms with van der Waals surface area (Å²) in [6.07, 6.45) is 1.91. The van der Waals surface area contributed by atoms with Crippen molar-refractivity contribution in [3.05, 3.63) is 29.8 Å². The van der Waals surface area contributed by atoms with Crippen molar-refractivity contribution in [3.63, 3.8) is 0 Å². The van der Waals surface area contributed by atoms with Crippen molar-refractivity contribution in [2.45, 2.75) is 58.7 Å². The van der Waals surface area contributed by atoms with Gasteiger partial charge in [0.25, 0.3) is 0 Å². The molecule has 5 heteroatoms. The van der Waals surface area contributed by atoms with Crippen LogP contribution in [0.2, 0.25) is 0 Å². The molecule has 23 heavy (non-hydrogen) atoms. The number of carbonyl (C=O) groups is 1. The molecule has 3 unspecified atom stereocenters. The number of amides is 1. The van der Waals surface area contributed by atoms with Crippen LogP contribution in [-0.2, 0) is 4.79 Å². The Bertz CT molecular complexity index is 501. The smallest absolute Gasteiger partial charge is 0.239 e. The van der Waals surface area contributed by atoms with Crippen LogP contribution in [0.3, 0.4) is 0 Å². The third-order valence-corrected chi connectivity index (χ3v) is 4.10. The number of ether oxygens (including phenoxy) is 1. The van der Waals surface area contributed by atoms with Crippen molar-refractivity contribution >= 4 is 5.91 Å². The molecule has 0 saturated carbocycles. The van der Waals surface area contributed by atoms with E-state index >= 15 is 0 Å². The Kier molecular flexibility index (Phi) is 6.42. The molecule has 1 saturated heterocycles. The number of nitrogens with one attached hydrogen (secondary N) is 3. The summed E-state index contributed by atoms with van der Waals surface area (Å²) in [4.78, 5) is 12.4. The van der Waals surface area contributed by atoms with Crippen LogP contribution in [0.4, 0.5) is 0 Å². The molecule has 1 aliphatic rings. The van der Waals surface area contributed by atoms with E-state index in [0.29, 0.717) is 18.6 Å². The molecule has 3 atom stereocenters. The van der Waals surface area contributed by atoms with Crippen molar-refractivity contribution in [2.24, 2.45) is 5.92 Å². The fourth-order valence-electron chi connectivity index (χ4n) is 2.93. The van der Waals surface area contributed by atoms with E-state index in [1.165, 1.54) is 0 Å². The van der Waals surface area contributed by atoms with Crippen LogP contribution in [0.25, 0.3) is 0 Å². The Balaban J connectivity index is 1.85. The highest BCUT2D eigenvalue weighted by Crippen LogP contribution is 2.19. The molecule has 0 aromatic heterocycles. The van der Waals surface area contributed by atoms with Gasteiger partial charge in [-0.3, -0.25) is 10.2 Å². The van der Waals surface area contributed by atoms with Crippen LogP contribution >= 0.6 is 0 Å². The fourth-order valence-corrected chi connectivity index (χ4v) is 2.93. The second-order valence-electron chi connectivity index (χ2n) is 6.64. The van der Waals surface area contributed by atoms with Gasteiger partial charge in [-0.05, 0) is 50.3 Å². The standard InChI is InChI=1S/C18H29N3O2/c1-5-23-16-8-6-14(7-9-16)13(4)19-18(22)17-11-15(20-21-17)10-12(2)3/h6-9,12-13,15,17,20-21H,5,10-11H2,1-4H3,(H,19,22). The summed E-state index contributed by atoms with van der Waals surface area (Å²) >= 11 is 0. The van der Waals surface area contributed by atoms with Crippen LogP contribution in [-0.4, -0.2) is 24.6 Å². The van der Waals surface area contributed by atoms with E-state index in [-0.39, 0.29) is 18.0 Å². The van der Waals surface area contributed by atoms with Gasteiger partial charge in [-0.25, -0.2) is 5.43 Å². The average Bonchev–Trinajstić information content (AvgIpc) is 2.96. The molecule has 1 fully saturated rings. The molecule has 3 N–H and O–H groups in total. The van der Waals surface area contributed by atoms with Crippen molar-refractivity contribution in [1.82, 2.24) is 16.2 Å². The lowest BCUT2D eigenvalue weighted by atomic mass is 9.99. The van der Waals surface area contributed by atoms with Gasteiger partial charge >= 0.3 is 0 Å². The molecule has 0 spiro atoms. The van der Waals surface area contributed by atoms with Gasteiger partial charge in [-0.15, -0.1) is 0 Å². The molecular formula is C18H29N3O2. The highest BCUT2D eigenvalue weighted by molar-refractivity contribution is 5.82. The van der Waals surface area contributed by atoms with E-state index in [2.05, 4.69) is 30.0 Å². The highest BCUT2D eigenvalue weighted by atomic mass is 16.5. The first-order valence-electron chi connectivity index (χ1n) is 8.53. The van der Waals surface area contributed by atoms with Crippen molar-refractivity contribution in [3.8, 4) is 5.75 Å². The lowest BCUT2D eigenvalue weighted by Crippen LogP contribution is -2.44. The molecule has 1 aromatic rings. The van der Waals surface area contributed by atoms with Crippen LogP contribution < -0.4 is 20.9 Å².